The third-order valence-electron chi connectivity index (χ3n) is 1.92. The van der Waals surface area contributed by atoms with Crippen molar-refractivity contribution in [3.63, 3.8) is 0 Å². The van der Waals surface area contributed by atoms with Crippen molar-refractivity contribution in [2.24, 2.45) is 0 Å². The van der Waals surface area contributed by atoms with E-state index in [1.165, 1.54) is 6.92 Å². The predicted octanol–water partition coefficient (Wildman–Crippen LogP) is 2.82. The number of benzene rings is 1. The van der Waals surface area contributed by atoms with E-state index in [-0.39, 0.29) is 5.91 Å². The van der Waals surface area contributed by atoms with Crippen molar-refractivity contribution in [1.29, 1.82) is 0 Å². The highest BCUT2D eigenvalue weighted by molar-refractivity contribution is 5.88. The molecule has 1 rings (SSSR count). The third kappa shape index (κ3) is 4.49. The number of anilines is 1. The predicted molar refractivity (Wildman–Crippen MR) is 61.1 cm³/mol. The smallest absolute Gasteiger partial charge is 0.221 e. The van der Waals surface area contributed by atoms with Gasteiger partial charge in [0.15, 0.2) is 0 Å². The van der Waals surface area contributed by atoms with Crippen LogP contribution in [0.15, 0.2) is 24.3 Å². The van der Waals surface area contributed by atoms with Crippen LogP contribution in [0.2, 0.25) is 0 Å². The first-order chi connectivity index (χ1) is 7.22. The molecule has 0 atom stereocenters. The molecule has 1 aromatic rings. The first-order valence-corrected chi connectivity index (χ1v) is 5.23. The van der Waals surface area contributed by atoms with Gasteiger partial charge in [0.25, 0.3) is 0 Å². The minimum atomic E-state index is -0.0688. The largest absolute Gasteiger partial charge is 0.494 e. The van der Waals surface area contributed by atoms with Gasteiger partial charge in [-0.2, -0.15) is 0 Å². The zero-order chi connectivity index (χ0) is 11.1. The van der Waals surface area contributed by atoms with Crippen LogP contribution in [-0.2, 0) is 4.79 Å². The van der Waals surface area contributed by atoms with Crippen LogP contribution in [0.4, 0.5) is 5.69 Å². The number of carbonyl (C=O) groups excluding carboxylic acids is 1. The second-order valence-electron chi connectivity index (χ2n) is 3.41. The van der Waals surface area contributed by atoms with E-state index in [9.17, 15) is 4.79 Å². The summed E-state index contributed by atoms with van der Waals surface area (Å²) in [5.41, 5.74) is 0.775. The van der Waals surface area contributed by atoms with Gasteiger partial charge in [-0.3, -0.25) is 4.79 Å². The van der Waals surface area contributed by atoms with Crippen LogP contribution in [0.25, 0.3) is 0 Å². The number of hydrogen-bond acceptors (Lipinski definition) is 2. The molecule has 3 heteroatoms. The Kier molecular flexibility index (Phi) is 4.68. The molecule has 0 aliphatic rings. The molecule has 1 aromatic carbocycles. The number of carbonyl (C=O) groups is 1. The van der Waals surface area contributed by atoms with Gasteiger partial charge in [0, 0.05) is 18.7 Å². The molecule has 3 nitrogen and oxygen atoms in total. The van der Waals surface area contributed by atoms with Crippen molar-refractivity contribution >= 4 is 11.6 Å². The second-order valence-corrected chi connectivity index (χ2v) is 3.41. The summed E-state index contributed by atoms with van der Waals surface area (Å²) < 4.78 is 5.52. The molecule has 0 aromatic heterocycles. The molecule has 0 spiro atoms. The number of unbranched alkanes of at least 4 members (excludes halogenated alkanes) is 1. The molecule has 0 saturated carbocycles. The zero-order valence-corrected chi connectivity index (χ0v) is 9.25. The molecular formula is C12H17NO2. The van der Waals surface area contributed by atoms with Crippen LogP contribution in [0.5, 0.6) is 5.75 Å². The minimum Gasteiger partial charge on any atom is -0.494 e. The summed E-state index contributed by atoms with van der Waals surface area (Å²) in [6, 6.07) is 7.43. The Bertz CT molecular complexity index is 323. The number of nitrogens with one attached hydrogen (secondary N) is 1. The highest BCUT2D eigenvalue weighted by atomic mass is 16.5. The third-order valence-corrected chi connectivity index (χ3v) is 1.92. The van der Waals surface area contributed by atoms with Gasteiger partial charge >= 0.3 is 0 Å². The molecule has 0 aliphatic carbocycles. The van der Waals surface area contributed by atoms with Crippen LogP contribution < -0.4 is 10.1 Å². The molecule has 15 heavy (non-hydrogen) atoms. The topological polar surface area (TPSA) is 38.3 Å². The second kappa shape index (κ2) is 6.06. The van der Waals surface area contributed by atoms with E-state index >= 15 is 0 Å². The maximum atomic E-state index is 10.8. The van der Waals surface area contributed by atoms with Gasteiger partial charge in [0.2, 0.25) is 5.91 Å². The first kappa shape index (κ1) is 11.6. The van der Waals surface area contributed by atoms with Crippen LogP contribution in [-0.4, -0.2) is 12.5 Å². The van der Waals surface area contributed by atoms with Crippen LogP contribution in [0.1, 0.15) is 26.7 Å². The lowest BCUT2D eigenvalue weighted by atomic mass is 10.3. The van der Waals surface area contributed by atoms with Gasteiger partial charge in [-0.25, -0.2) is 0 Å². The van der Waals surface area contributed by atoms with Gasteiger partial charge in [-0.05, 0) is 18.6 Å². The molecular weight excluding hydrogens is 190 g/mol. The van der Waals surface area contributed by atoms with E-state index in [0.717, 1.165) is 30.9 Å². The van der Waals surface area contributed by atoms with E-state index in [4.69, 9.17) is 4.74 Å². The van der Waals surface area contributed by atoms with E-state index in [1.54, 1.807) is 0 Å². The summed E-state index contributed by atoms with van der Waals surface area (Å²) in [5.74, 6) is 0.732. The number of ether oxygens (including phenoxy) is 1. The van der Waals surface area contributed by atoms with Gasteiger partial charge < -0.3 is 10.1 Å². The quantitative estimate of drug-likeness (QED) is 0.754. The highest BCUT2D eigenvalue weighted by Crippen LogP contribution is 2.17. The van der Waals surface area contributed by atoms with Crippen LogP contribution in [0, 0.1) is 0 Å². The molecule has 1 N–H and O–H groups in total. The molecule has 0 aliphatic heterocycles. The van der Waals surface area contributed by atoms with Gasteiger partial charge in [-0.1, -0.05) is 19.4 Å². The lowest BCUT2D eigenvalue weighted by Crippen LogP contribution is -2.05. The monoisotopic (exact) mass is 207 g/mol. The average Bonchev–Trinajstić information content (AvgIpc) is 2.18. The van der Waals surface area contributed by atoms with Gasteiger partial charge in [0.1, 0.15) is 5.75 Å². The summed E-state index contributed by atoms with van der Waals surface area (Å²) in [7, 11) is 0. The van der Waals surface area contributed by atoms with E-state index in [1.807, 2.05) is 24.3 Å². The zero-order valence-electron chi connectivity index (χ0n) is 9.25. The average molecular weight is 207 g/mol. The minimum absolute atomic E-state index is 0.0688. The highest BCUT2D eigenvalue weighted by Gasteiger charge is 1.97. The SMILES string of the molecule is CCCCOc1cccc(NC(C)=O)c1. The standard InChI is InChI=1S/C12H17NO2/c1-3-4-8-15-12-7-5-6-11(9-12)13-10(2)14/h5-7,9H,3-4,8H2,1-2H3,(H,13,14). The molecule has 0 unspecified atom stereocenters. The Morgan fingerprint density at radius 2 is 2.27 bits per heavy atom. The van der Waals surface area contributed by atoms with Crippen molar-refractivity contribution in [1.82, 2.24) is 0 Å². The Labute approximate surface area is 90.4 Å². The Morgan fingerprint density at radius 1 is 1.47 bits per heavy atom. The van der Waals surface area contributed by atoms with E-state index in [2.05, 4.69) is 12.2 Å². The fourth-order valence-corrected chi connectivity index (χ4v) is 1.20. The molecule has 0 radical (unpaired) electrons. The van der Waals surface area contributed by atoms with Crippen molar-refractivity contribution in [3.8, 4) is 5.75 Å². The van der Waals surface area contributed by atoms with Crippen LogP contribution >= 0.6 is 0 Å². The lowest BCUT2D eigenvalue weighted by molar-refractivity contribution is -0.114. The normalized spacial score (nSPS) is 9.73. The maximum Gasteiger partial charge on any atom is 0.221 e. The van der Waals surface area contributed by atoms with Crippen molar-refractivity contribution < 1.29 is 9.53 Å². The van der Waals surface area contributed by atoms with E-state index in [0.29, 0.717) is 0 Å². The van der Waals surface area contributed by atoms with E-state index < -0.39 is 0 Å². The van der Waals surface area contributed by atoms with Gasteiger partial charge in [-0.15, -0.1) is 0 Å². The Morgan fingerprint density at radius 3 is 2.93 bits per heavy atom. The Balaban J connectivity index is 2.53. The molecule has 0 bridgehead atoms. The molecule has 1 amide bonds. The summed E-state index contributed by atoms with van der Waals surface area (Å²) >= 11 is 0. The number of amides is 1. The summed E-state index contributed by atoms with van der Waals surface area (Å²) in [4.78, 5) is 10.8. The van der Waals surface area contributed by atoms with Gasteiger partial charge in [0.05, 0.1) is 6.61 Å². The molecule has 0 fully saturated rings. The molecule has 82 valence electrons. The maximum absolute atomic E-state index is 10.8. The van der Waals surface area contributed by atoms with Crippen LogP contribution in [0.3, 0.4) is 0 Å². The molecule has 0 heterocycles. The van der Waals surface area contributed by atoms with Crippen molar-refractivity contribution in [2.45, 2.75) is 26.7 Å². The number of rotatable bonds is 5. The summed E-state index contributed by atoms with van der Waals surface area (Å²) in [5, 5.41) is 2.72. The fraction of sp³-hybridized carbons (Fsp3) is 0.417. The fourth-order valence-electron chi connectivity index (χ4n) is 1.20. The number of hydrogen-bond donors (Lipinski definition) is 1. The lowest BCUT2D eigenvalue weighted by Gasteiger charge is -2.07. The summed E-state index contributed by atoms with van der Waals surface area (Å²) in [6.07, 6.45) is 2.16. The van der Waals surface area contributed by atoms with Crippen molar-refractivity contribution in [3.05, 3.63) is 24.3 Å². The van der Waals surface area contributed by atoms with Crippen molar-refractivity contribution in [2.75, 3.05) is 11.9 Å². The molecule has 0 saturated heterocycles. The summed E-state index contributed by atoms with van der Waals surface area (Å²) in [6.45, 7) is 4.34. The Hall–Kier alpha value is -1.51. The first-order valence-electron chi connectivity index (χ1n) is 5.23.